The van der Waals surface area contributed by atoms with E-state index in [0.717, 1.165) is 28.0 Å². The zero-order valence-corrected chi connectivity index (χ0v) is 12.7. The molecule has 0 radical (unpaired) electrons. The van der Waals surface area contributed by atoms with E-state index in [1.54, 1.807) is 11.3 Å². The summed E-state index contributed by atoms with van der Waals surface area (Å²) in [5.41, 5.74) is 8.10. The van der Waals surface area contributed by atoms with Gasteiger partial charge in [-0.05, 0) is 17.7 Å². The van der Waals surface area contributed by atoms with Gasteiger partial charge in [0.05, 0.1) is 5.69 Å². The quantitative estimate of drug-likeness (QED) is 0.805. The Morgan fingerprint density at radius 3 is 2.80 bits per heavy atom. The van der Waals surface area contributed by atoms with Crippen LogP contribution in [0, 0.1) is 0 Å². The molecule has 0 spiro atoms. The summed E-state index contributed by atoms with van der Waals surface area (Å²) in [5.74, 6) is 0.939. The van der Waals surface area contributed by atoms with Crippen LogP contribution in [0.15, 0.2) is 35.8 Å². The number of thiazole rings is 1. The molecule has 104 valence electrons. The first-order valence-electron chi connectivity index (χ1n) is 6.29. The number of rotatable bonds is 4. The predicted molar refractivity (Wildman–Crippen MR) is 84.5 cm³/mol. The van der Waals surface area contributed by atoms with Crippen LogP contribution in [0.4, 0.5) is 5.82 Å². The fourth-order valence-corrected chi connectivity index (χ4v) is 3.11. The molecule has 0 unspecified atom stereocenters. The third kappa shape index (κ3) is 2.40. The second kappa shape index (κ2) is 5.44. The van der Waals surface area contributed by atoms with Crippen molar-refractivity contribution in [3.05, 3.63) is 52.1 Å². The van der Waals surface area contributed by atoms with E-state index < -0.39 is 0 Å². The normalized spacial score (nSPS) is 11.2. The molecule has 0 saturated carbocycles. The maximum atomic E-state index is 5.91. The number of halogens is 1. The van der Waals surface area contributed by atoms with E-state index >= 15 is 0 Å². The molecule has 2 heterocycles. The predicted octanol–water partition coefficient (Wildman–Crippen LogP) is 3.14. The summed E-state index contributed by atoms with van der Waals surface area (Å²) < 4.78 is 2.05. The molecule has 0 aliphatic rings. The van der Waals surface area contributed by atoms with E-state index in [0.29, 0.717) is 6.54 Å². The SMILES string of the molecule is CN(Cc1ccc(Cl)cc1)c1nc2sccn2c1CN. The summed E-state index contributed by atoms with van der Waals surface area (Å²) >= 11 is 7.52. The van der Waals surface area contributed by atoms with Crippen LogP contribution in [0.1, 0.15) is 11.3 Å². The van der Waals surface area contributed by atoms with Gasteiger partial charge < -0.3 is 10.6 Å². The minimum absolute atomic E-state index is 0.470. The topological polar surface area (TPSA) is 46.6 Å². The average molecular weight is 307 g/mol. The summed E-state index contributed by atoms with van der Waals surface area (Å²) in [6.07, 6.45) is 2.01. The van der Waals surface area contributed by atoms with E-state index in [-0.39, 0.29) is 0 Å². The van der Waals surface area contributed by atoms with Gasteiger partial charge in [0, 0.05) is 36.7 Å². The van der Waals surface area contributed by atoms with Crippen LogP contribution in [0.5, 0.6) is 0 Å². The molecule has 4 nitrogen and oxygen atoms in total. The van der Waals surface area contributed by atoms with Gasteiger partial charge in [-0.2, -0.15) is 0 Å². The lowest BCUT2D eigenvalue weighted by molar-refractivity contribution is 0.874. The van der Waals surface area contributed by atoms with Crippen molar-refractivity contribution in [3.63, 3.8) is 0 Å². The average Bonchev–Trinajstić information content (AvgIpc) is 3.01. The van der Waals surface area contributed by atoms with Gasteiger partial charge in [-0.1, -0.05) is 23.7 Å². The Hall–Kier alpha value is -1.56. The molecule has 0 amide bonds. The first kappa shape index (κ1) is 13.4. The molecule has 2 N–H and O–H groups in total. The summed E-state index contributed by atoms with van der Waals surface area (Å²) in [6, 6.07) is 7.86. The Balaban J connectivity index is 1.89. The van der Waals surface area contributed by atoms with E-state index in [1.807, 2.05) is 42.9 Å². The van der Waals surface area contributed by atoms with Crippen LogP contribution in [-0.2, 0) is 13.1 Å². The lowest BCUT2D eigenvalue weighted by Gasteiger charge is -2.18. The van der Waals surface area contributed by atoms with E-state index in [4.69, 9.17) is 17.3 Å². The van der Waals surface area contributed by atoms with Crippen LogP contribution in [0.3, 0.4) is 0 Å². The fraction of sp³-hybridized carbons (Fsp3) is 0.214. The molecular weight excluding hydrogens is 292 g/mol. The van der Waals surface area contributed by atoms with Gasteiger partial charge in [-0.25, -0.2) is 4.98 Å². The molecule has 3 aromatic rings. The van der Waals surface area contributed by atoms with Gasteiger partial charge in [-0.3, -0.25) is 4.40 Å². The highest BCUT2D eigenvalue weighted by Crippen LogP contribution is 2.24. The monoisotopic (exact) mass is 306 g/mol. The summed E-state index contributed by atoms with van der Waals surface area (Å²) in [4.78, 5) is 7.75. The van der Waals surface area contributed by atoms with Crippen molar-refractivity contribution < 1.29 is 0 Å². The number of anilines is 1. The number of nitrogens with two attached hydrogens (primary N) is 1. The third-order valence-corrected chi connectivity index (χ3v) is 4.24. The largest absolute Gasteiger partial charge is 0.354 e. The number of benzene rings is 1. The van der Waals surface area contributed by atoms with E-state index in [1.165, 1.54) is 5.56 Å². The number of fused-ring (bicyclic) bond motifs is 1. The molecule has 0 saturated heterocycles. The lowest BCUT2D eigenvalue weighted by Crippen LogP contribution is -2.19. The van der Waals surface area contributed by atoms with Crippen molar-refractivity contribution in [3.8, 4) is 0 Å². The first-order chi connectivity index (χ1) is 9.69. The van der Waals surface area contributed by atoms with E-state index in [2.05, 4.69) is 14.3 Å². The van der Waals surface area contributed by atoms with Crippen molar-refractivity contribution in [2.24, 2.45) is 5.73 Å². The number of imidazole rings is 1. The highest BCUT2D eigenvalue weighted by atomic mass is 35.5. The molecule has 0 fully saturated rings. The first-order valence-corrected chi connectivity index (χ1v) is 7.55. The second-order valence-electron chi connectivity index (χ2n) is 4.62. The molecule has 3 rings (SSSR count). The minimum atomic E-state index is 0.470. The Labute approximate surface area is 126 Å². The van der Waals surface area contributed by atoms with Crippen LogP contribution in [0.2, 0.25) is 5.02 Å². The number of aromatic nitrogens is 2. The fourth-order valence-electron chi connectivity index (χ4n) is 2.26. The highest BCUT2D eigenvalue weighted by molar-refractivity contribution is 7.15. The van der Waals surface area contributed by atoms with Crippen molar-refractivity contribution >= 4 is 33.7 Å². The number of hydrogen-bond donors (Lipinski definition) is 1. The summed E-state index contributed by atoms with van der Waals surface area (Å²) in [5, 5.41) is 2.77. The Bertz CT molecular complexity index is 716. The Kier molecular flexibility index (Phi) is 3.65. The molecule has 6 heteroatoms. The highest BCUT2D eigenvalue weighted by Gasteiger charge is 2.15. The third-order valence-electron chi connectivity index (χ3n) is 3.23. The maximum Gasteiger partial charge on any atom is 0.195 e. The van der Waals surface area contributed by atoms with Gasteiger partial charge in [0.2, 0.25) is 0 Å². The number of nitrogens with zero attached hydrogens (tertiary/aromatic N) is 3. The summed E-state index contributed by atoms with van der Waals surface area (Å²) in [6.45, 7) is 1.24. The zero-order chi connectivity index (χ0) is 14.1. The molecule has 20 heavy (non-hydrogen) atoms. The Morgan fingerprint density at radius 2 is 2.10 bits per heavy atom. The van der Waals surface area contributed by atoms with Crippen LogP contribution in [0.25, 0.3) is 4.96 Å². The Morgan fingerprint density at radius 1 is 1.35 bits per heavy atom. The standard InChI is InChI=1S/C14H15ClN4S/c1-18(9-10-2-4-11(15)5-3-10)13-12(8-16)19-6-7-20-14(19)17-13/h2-7H,8-9,16H2,1H3. The van der Waals surface area contributed by atoms with Gasteiger partial charge in [0.15, 0.2) is 10.8 Å². The van der Waals surface area contributed by atoms with Crippen molar-refractivity contribution in [1.29, 1.82) is 0 Å². The maximum absolute atomic E-state index is 5.91. The number of hydrogen-bond acceptors (Lipinski definition) is 4. The van der Waals surface area contributed by atoms with Gasteiger partial charge >= 0.3 is 0 Å². The molecular formula is C14H15ClN4S. The molecule has 0 aliphatic heterocycles. The molecule has 0 aliphatic carbocycles. The summed E-state index contributed by atoms with van der Waals surface area (Å²) in [7, 11) is 2.03. The van der Waals surface area contributed by atoms with Crippen LogP contribution in [-0.4, -0.2) is 16.4 Å². The van der Waals surface area contributed by atoms with Gasteiger partial charge in [0.25, 0.3) is 0 Å². The van der Waals surface area contributed by atoms with Crippen LogP contribution < -0.4 is 10.6 Å². The second-order valence-corrected chi connectivity index (χ2v) is 5.93. The minimum Gasteiger partial charge on any atom is -0.354 e. The zero-order valence-electron chi connectivity index (χ0n) is 11.1. The van der Waals surface area contributed by atoms with Crippen molar-refractivity contribution in [2.45, 2.75) is 13.1 Å². The van der Waals surface area contributed by atoms with Gasteiger partial charge in [-0.15, -0.1) is 11.3 Å². The van der Waals surface area contributed by atoms with Crippen molar-refractivity contribution in [1.82, 2.24) is 9.38 Å². The molecule has 0 bridgehead atoms. The van der Waals surface area contributed by atoms with E-state index in [9.17, 15) is 0 Å². The lowest BCUT2D eigenvalue weighted by atomic mass is 10.2. The molecule has 2 aromatic heterocycles. The van der Waals surface area contributed by atoms with Gasteiger partial charge in [0.1, 0.15) is 0 Å². The molecule has 0 atom stereocenters. The molecule has 1 aromatic carbocycles. The van der Waals surface area contributed by atoms with Crippen molar-refractivity contribution in [2.75, 3.05) is 11.9 Å². The smallest absolute Gasteiger partial charge is 0.195 e. The van der Waals surface area contributed by atoms with Crippen LogP contribution >= 0.6 is 22.9 Å².